The van der Waals surface area contributed by atoms with E-state index in [2.05, 4.69) is 5.32 Å². The molecule has 0 amide bonds. The molecule has 0 spiro atoms. The summed E-state index contributed by atoms with van der Waals surface area (Å²) in [6, 6.07) is 5.84. The first-order valence-corrected chi connectivity index (χ1v) is 8.22. The van der Waals surface area contributed by atoms with E-state index in [0.717, 1.165) is 0 Å². The molecule has 0 aromatic heterocycles. The molecule has 2 heterocycles. The van der Waals surface area contributed by atoms with E-state index in [1.807, 2.05) is 0 Å². The number of esters is 2. The lowest BCUT2D eigenvalue weighted by molar-refractivity contribution is -0.384. The Bertz CT molecular complexity index is 872. The van der Waals surface area contributed by atoms with Crippen LogP contribution in [0.3, 0.4) is 0 Å². The highest BCUT2D eigenvalue weighted by Crippen LogP contribution is 2.42. The van der Waals surface area contributed by atoms with Gasteiger partial charge in [-0.1, -0.05) is 12.1 Å². The van der Waals surface area contributed by atoms with Crippen LogP contribution in [-0.4, -0.2) is 43.8 Å². The SMILES string of the molecule is COCCOC(=O)C1=C(C)NC2=C(C(=O)OC2)C1c1cccc([N+](=O)[O-])c1. The van der Waals surface area contributed by atoms with Gasteiger partial charge in [0.05, 0.1) is 34.3 Å². The first-order valence-electron chi connectivity index (χ1n) is 8.22. The molecule has 1 unspecified atom stereocenters. The molecule has 0 saturated heterocycles. The molecule has 2 aliphatic heterocycles. The van der Waals surface area contributed by atoms with Crippen LogP contribution in [-0.2, 0) is 23.8 Å². The van der Waals surface area contributed by atoms with Crippen molar-refractivity contribution in [3.05, 3.63) is 62.5 Å². The number of ether oxygens (including phenoxy) is 3. The number of non-ortho nitro benzene ring substituents is 1. The number of nitro benzene ring substituents is 1. The van der Waals surface area contributed by atoms with Crippen molar-refractivity contribution in [1.82, 2.24) is 5.32 Å². The Labute approximate surface area is 154 Å². The van der Waals surface area contributed by atoms with Crippen molar-refractivity contribution in [3.63, 3.8) is 0 Å². The van der Waals surface area contributed by atoms with Crippen molar-refractivity contribution in [3.8, 4) is 0 Å². The predicted molar refractivity (Wildman–Crippen MR) is 92.5 cm³/mol. The molecule has 27 heavy (non-hydrogen) atoms. The highest BCUT2D eigenvalue weighted by Gasteiger charge is 2.42. The minimum atomic E-state index is -0.814. The summed E-state index contributed by atoms with van der Waals surface area (Å²) in [6.45, 7) is 2.01. The normalized spacial score (nSPS) is 18.7. The summed E-state index contributed by atoms with van der Waals surface area (Å²) >= 11 is 0. The number of hydrogen-bond acceptors (Lipinski definition) is 8. The maximum absolute atomic E-state index is 12.7. The number of nitrogens with zero attached hydrogens (tertiary/aromatic N) is 1. The summed E-state index contributed by atoms with van der Waals surface area (Å²) in [5.41, 5.74) is 1.83. The molecule has 0 bridgehead atoms. The smallest absolute Gasteiger partial charge is 0.337 e. The second-order valence-corrected chi connectivity index (χ2v) is 6.05. The Balaban J connectivity index is 2.06. The van der Waals surface area contributed by atoms with Crippen LogP contribution in [0, 0.1) is 10.1 Å². The molecule has 0 radical (unpaired) electrons. The molecule has 2 aliphatic rings. The van der Waals surface area contributed by atoms with E-state index in [-0.39, 0.29) is 36.7 Å². The third-order valence-electron chi connectivity index (χ3n) is 4.37. The lowest BCUT2D eigenvalue weighted by atomic mass is 9.81. The molecule has 9 nitrogen and oxygen atoms in total. The van der Waals surface area contributed by atoms with E-state index in [1.54, 1.807) is 13.0 Å². The zero-order valence-corrected chi connectivity index (χ0v) is 14.8. The van der Waals surface area contributed by atoms with Gasteiger partial charge in [-0.25, -0.2) is 9.59 Å². The Morgan fingerprint density at radius 2 is 2.19 bits per heavy atom. The van der Waals surface area contributed by atoms with Gasteiger partial charge in [0.25, 0.3) is 5.69 Å². The van der Waals surface area contributed by atoms with E-state index in [0.29, 0.717) is 17.0 Å². The largest absolute Gasteiger partial charge is 0.460 e. The van der Waals surface area contributed by atoms with E-state index in [9.17, 15) is 19.7 Å². The number of allylic oxidation sites excluding steroid dienone is 1. The highest BCUT2D eigenvalue weighted by molar-refractivity contribution is 6.01. The predicted octanol–water partition coefficient (Wildman–Crippen LogP) is 1.56. The molecule has 142 valence electrons. The van der Waals surface area contributed by atoms with Crippen LogP contribution in [0.4, 0.5) is 5.69 Å². The van der Waals surface area contributed by atoms with Gasteiger partial charge in [-0.3, -0.25) is 10.1 Å². The zero-order valence-electron chi connectivity index (χ0n) is 14.8. The van der Waals surface area contributed by atoms with Gasteiger partial charge in [-0.2, -0.15) is 0 Å². The Kier molecular flexibility index (Phi) is 5.22. The number of carbonyl (C=O) groups is 2. The summed E-state index contributed by atoms with van der Waals surface area (Å²) in [6.07, 6.45) is 0. The zero-order chi connectivity index (χ0) is 19.6. The van der Waals surface area contributed by atoms with Crippen molar-refractivity contribution in [2.75, 3.05) is 26.9 Å². The average Bonchev–Trinajstić information content (AvgIpc) is 3.01. The number of rotatable bonds is 6. The molecule has 0 fully saturated rings. The third kappa shape index (κ3) is 3.54. The summed E-state index contributed by atoms with van der Waals surface area (Å²) in [4.78, 5) is 35.6. The maximum Gasteiger partial charge on any atom is 0.337 e. The Hall–Kier alpha value is -3.20. The number of nitro groups is 1. The number of methoxy groups -OCH3 is 1. The molecule has 1 aromatic rings. The van der Waals surface area contributed by atoms with Crippen molar-refractivity contribution in [1.29, 1.82) is 0 Å². The maximum atomic E-state index is 12.7. The summed E-state index contributed by atoms with van der Waals surface area (Å²) < 4.78 is 15.2. The number of benzene rings is 1. The minimum Gasteiger partial charge on any atom is -0.460 e. The molecule has 1 aromatic carbocycles. The van der Waals surface area contributed by atoms with Gasteiger partial charge < -0.3 is 19.5 Å². The Morgan fingerprint density at radius 3 is 2.89 bits per heavy atom. The monoisotopic (exact) mass is 374 g/mol. The van der Waals surface area contributed by atoms with E-state index in [1.165, 1.54) is 25.3 Å². The number of hydrogen-bond donors (Lipinski definition) is 1. The highest BCUT2D eigenvalue weighted by atomic mass is 16.6. The third-order valence-corrected chi connectivity index (χ3v) is 4.37. The van der Waals surface area contributed by atoms with Crippen LogP contribution in [0.25, 0.3) is 0 Å². The fraction of sp³-hybridized carbons (Fsp3) is 0.333. The van der Waals surface area contributed by atoms with Crippen molar-refractivity contribution in [2.45, 2.75) is 12.8 Å². The topological polar surface area (TPSA) is 117 Å². The van der Waals surface area contributed by atoms with Crippen LogP contribution in [0.15, 0.2) is 46.8 Å². The number of cyclic esters (lactones) is 1. The van der Waals surface area contributed by atoms with E-state index in [4.69, 9.17) is 14.2 Å². The van der Waals surface area contributed by atoms with Gasteiger partial charge in [0.15, 0.2) is 0 Å². The molecule has 3 rings (SSSR count). The van der Waals surface area contributed by atoms with Crippen molar-refractivity contribution >= 4 is 17.6 Å². The quantitative estimate of drug-likeness (QED) is 0.345. The van der Waals surface area contributed by atoms with Crippen LogP contribution >= 0.6 is 0 Å². The molecule has 0 saturated carbocycles. The standard InChI is InChI=1S/C18H18N2O7/c1-10-14(17(21)26-7-6-25-2)15(16-13(19-10)9-27-18(16)22)11-4-3-5-12(8-11)20(23)24/h3-5,8,15,19H,6-7,9H2,1-2H3. The van der Waals surface area contributed by atoms with Crippen molar-refractivity contribution in [2.24, 2.45) is 0 Å². The molecular formula is C18H18N2O7. The number of nitrogens with one attached hydrogen (secondary N) is 1. The van der Waals surface area contributed by atoms with Crippen LogP contribution in [0.2, 0.25) is 0 Å². The Morgan fingerprint density at radius 1 is 1.41 bits per heavy atom. The van der Waals surface area contributed by atoms with Gasteiger partial charge in [-0.05, 0) is 12.5 Å². The molecule has 1 atom stereocenters. The second-order valence-electron chi connectivity index (χ2n) is 6.05. The van der Waals surface area contributed by atoms with Gasteiger partial charge in [0, 0.05) is 24.9 Å². The van der Waals surface area contributed by atoms with Gasteiger partial charge >= 0.3 is 11.9 Å². The average molecular weight is 374 g/mol. The molecule has 0 aliphatic carbocycles. The minimum absolute atomic E-state index is 0.0458. The molecule has 9 heteroatoms. The molecule has 1 N–H and O–H groups in total. The second kappa shape index (κ2) is 7.58. The first-order chi connectivity index (χ1) is 12.9. The van der Waals surface area contributed by atoms with Crippen LogP contribution < -0.4 is 5.32 Å². The van der Waals surface area contributed by atoms with Crippen molar-refractivity contribution < 1.29 is 28.7 Å². The lowest BCUT2D eigenvalue weighted by Gasteiger charge is -2.27. The number of dihydropyridines is 1. The summed E-state index contributed by atoms with van der Waals surface area (Å²) in [5.74, 6) is -2.00. The van der Waals surface area contributed by atoms with Crippen LogP contribution in [0.1, 0.15) is 18.4 Å². The molecular weight excluding hydrogens is 356 g/mol. The number of carbonyl (C=O) groups excluding carboxylic acids is 2. The van der Waals surface area contributed by atoms with Gasteiger partial charge in [0.1, 0.15) is 13.2 Å². The first kappa shape index (κ1) is 18.6. The van der Waals surface area contributed by atoms with E-state index >= 15 is 0 Å². The fourth-order valence-corrected chi connectivity index (χ4v) is 3.18. The lowest BCUT2D eigenvalue weighted by Crippen LogP contribution is -2.30. The van der Waals surface area contributed by atoms with Crippen LogP contribution in [0.5, 0.6) is 0 Å². The van der Waals surface area contributed by atoms with Gasteiger partial charge in [-0.15, -0.1) is 0 Å². The fourth-order valence-electron chi connectivity index (χ4n) is 3.18. The van der Waals surface area contributed by atoms with Gasteiger partial charge in [0.2, 0.25) is 0 Å². The summed E-state index contributed by atoms with van der Waals surface area (Å²) in [7, 11) is 1.48. The summed E-state index contributed by atoms with van der Waals surface area (Å²) in [5, 5.41) is 14.2. The van der Waals surface area contributed by atoms with E-state index < -0.39 is 22.8 Å².